The van der Waals surface area contributed by atoms with E-state index in [2.05, 4.69) is 21.1 Å². The van der Waals surface area contributed by atoms with Crippen LogP contribution in [0, 0.1) is 0 Å². The lowest BCUT2D eigenvalue weighted by Gasteiger charge is -2.02. The Morgan fingerprint density at radius 3 is 2.95 bits per heavy atom. The van der Waals surface area contributed by atoms with Crippen LogP contribution in [0.1, 0.15) is 17.7 Å². The fraction of sp³-hybridized carbons (Fsp3) is 0.250. The Bertz CT molecular complexity index is 762. The summed E-state index contributed by atoms with van der Waals surface area (Å²) in [4.78, 5) is 7.80. The van der Waals surface area contributed by atoms with Crippen LogP contribution in [0.5, 0.6) is 0 Å². The first-order valence-corrected chi connectivity index (χ1v) is 7.72. The van der Waals surface area contributed by atoms with Crippen molar-refractivity contribution in [3.8, 4) is 5.82 Å². The van der Waals surface area contributed by atoms with E-state index >= 15 is 0 Å². The molecule has 2 heterocycles. The van der Waals surface area contributed by atoms with Crippen molar-refractivity contribution in [2.75, 3.05) is 6.26 Å². The van der Waals surface area contributed by atoms with Crippen LogP contribution in [0.2, 0.25) is 0 Å². The van der Waals surface area contributed by atoms with E-state index in [0.29, 0.717) is 5.82 Å². The minimum Gasteiger partial charge on any atom is -0.227 e. The molecule has 0 aromatic carbocycles. The Kier molecular flexibility index (Phi) is 2.70. The van der Waals surface area contributed by atoms with E-state index < -0.39 is 9.84 Å². The van der Waals surface area contributed by atoms with Gasteiger partial charge in [0.15, 0.2) is 5.82 Å². The van der Waals surface area contributed by atoms with Crippen molar-refractivity contribution in [3.63, 3.8) is 0 Å². The Morgan fingerprint density at radius 1 is 1.37 bits per heavy atom. The molecule has 19 heavy (non-hydrogen) atoms. The number of nitrogens with zero attached hydrogens (tertiary/aromatic N) is 4. The Hall–Kier alpha value is -2.02. The van der Waals surface area contributed by atoms with E-state index in [1.54, 1.807) is 10.7 Å². The number of sulfone groups is 1. The molecule has 0 amide bonds. The molecule has 98 valence electrons. The molecule has 2 aromatic heterocycles. The van der Waals surface area contributed by atoms with Gasteiger partial charge < -0.3 is 0 Å². The number of hydrogen-bond acceptors (Lipinski definition) is 5. The zero-order valence-corrected chi connectivity index (χ0v) is 11.1. The lowest BCUT2D eigenvalue weighted by molar-refractivity contribution is 0.591. The van der Waals surface area contributed by atoms with Crippen molar-refractivity contribution in [3.05, 3.63) is 35.8 Å². The molecular weight excluding hydrogens is 264 g/mol. The van der Waals surface area contributed by atoms with Gasteiger partial charge in [0.25, 0.3) is 0 Å². The Labute approximate surface area is 110 Å². The zero-order chi connectivity index (χ0) is 13.5. The highest BCUT2D eigenvalue weighted by atomic mass is 32.2. The second-order valence-electron chi connectivity index (χ2n) is 4.39. The maximum absolute atomic E-state index is 11.4. The lowest BCUT2D eigenvalue weighted by atomic mass is 10.1. The molecule has 1 aliphatic rings. The van der Waals surface area contributed by atoms with E-state index in [1.807, 2.05) is 12.3 Å². The van der Waals surface area contributed by atoms with Gasteiger partial charge in [-0.15, -0.1) is 0 Å². The van der Waals surface area contributed by atoms with Crippen LogP contribution in [0.4, 0.5) is 0 Å². The zero-order valence-electron chi connectivity index (χ0n) is 10.3. The minimum absolute atomic E-state index is 0.186. The van der Waals surface area contributed by atoms with Gasteiger partial charge >= 0.3 is 0 Å². The molecule has 7 heteroatoms. The van der Waals surface area contributed by atoms with Gasteiger partial charge in [-0.3, -0.25) is 0 Å². The maximum atomic E-state index is 11.4. The molecule has 0 saturated heterocycles. The summed E-state index contributed by atoms with van der Waals surface area (Å²) in [5.41, 5.74) is 2.05. The highest BCUT2D eigenvalue weighted by molar-refractivity contribution is 7.90. The summed E-state index contributed by atoms with van der Waals surface area (Å²) in [6.45, 7) is 0. The standard InChI is InChI=1S/C12H12N4O2S/c1-19(17,18)12-13-7-6-11(14-12)16-8-9-4-2-3-5-10(9)15-16/h2,4,6-8H,3,5H2,1H3. The van der Waals surface area contributed by atoms with E-state index in [9.17, 15) is 8.42 Å². The Morgan fingerprint density at radius 2 is 2.21 bits per heavy atom. The van der Waals surface area contributed by atoms with Gasteiger partial charge in [0.2, 0.25) is 15.0 Å². The summed E-state index contributed by atoms with van der Waals surface area (Å²) >= 11 is 0. The second kappa shape index (κ2) is 4.27. The van der Waals surface area contributed by atoms with E-state index in [0.717, 1.165) is 30.4 Å². The van der Waals surface area contributed by atoms with Crippen LogP contribution >= 0.6 is 0 Å². The smallest absolute Gasteiger partial charge is 0.227 e. The van der Waals surface area contributed by atoms with Gasteiger partial charge in [0.1, 0.15) is 0 Å². The van der Waals surface area contributed by atoms with Crippen LogP contribution < -0.4 is 0 Å². The van der Waals surface area contributed by atoms with Gasteiger partial charge in [-0.25, -0.2) is 18.1 Å². The van der Waals surface area contributed by atoms with Crippen LogP contribution in [0.25, 0.3) is 11.9 Å². The first-order valence-electron chi connectivity index (χ1n) is 5.82. The van der Waals surface area contributed by atoms with E-state index in [-0.39, 0.29) is 5.16 Å². The quantitative estimate of drug-likeness (QED) is 0.765. The van der Waals surface area contributed by atoms with Crippen molar-refractivity contribution in [1.29, 1.82) is 0 Å². The summed E-state index contributed by atoms with van der Waals surface area (Å²) in [5.74, 6) is 0.457. The predicted octanol–water partition coefficient (Wildman–Crippen LogP) is 1.03. The molecule has 0 spiro atoms. The number of fused-ring (bicyclic) bond motifs is 1. The van der Waals surface area contributed by atoms with Gasteiger partial charge in [0, 0.05) is 30.3 Å². The highest BCUT2D eigenvalue weighted by Gasteiger charge is 2.14. The summed E-state index contributed by atoms with van der Waals surface area (Å²) in [6.07, 6.45) is 10.3. The molecule has 0 atom stereocenters. The monoisotopic (exact) mass is 276 g/mol. The van der Waals surface area contributed by atoms with Crippen LogP contribution in [0.15, 0.2) is 29.7 Å². The number of rotatable bonds is 2. The van der Waals surface area contributed by atoms with E-state index in [1.165, 1.54) is 6.20 Å². The SMILES string of the molecule is CS(=O)(=O)c1nccc(-n2cc3c(n2)CCC=C3)n1. The first-order chi connectivity index (χ1) is 9.04. The largest absolute Gasteiger partial charge is 0.248 e. The normalized spacial score (nSPS) is 14.4. The second-order valence-corrected chi connectivity index (χ2v) is 6.30. The molecule has 0 aliphatic heterocycles. The third-order valence-corrected chi connectivity index (χ3v) is 3.71. The molecular formula is C12H12N4O2S. The minimum atomic E-state index is -3.41. The number of aromatic nitrogens is 4. The molecule has 0 radical (unpaired) electrons. The van der Waals surface area contributed by atoms with Gasteiger partial charge in [-0.2, -0.15) is 10.1 Å². The van der Waals surface area contributed by atoms with E-state index in [4.69, 9.17) is 0 Å². The number of hydrogen-bond donors (Lipinski definition) is 0. The average Bonchev–Trinajstić information content (AvgIpc) is 2.81. The third-order valence-electron chi connectivity index (χ3n) is 2.85. The summed E-state index contributed by atoms with van der Waals surface area (Å²) in [6, 6.07) is 1.64. The Balaban J connectivity index is 2.08. The molecule has 0 fully saturated rings. The first kappa shape index (κ1) is 12.0. The highest BCUT2D eigenvalue weighted by Crippen LogP contribution is 2.19. The van der Waals surface area contributed by atoms with Crippen molar-refractivity contribution in [2.24, 2.45) is 0 Å². The average molecular weight is 276 g/mol. The number of aryl methyl sites for hydroxylation is 1. The van der Waals surface area contributed by atoms with Crippen molar-refractivity contribution in [1.82, 2.24) is 19.7 Å². The molecule has 3 rings (SSSR count). The summed E-state index contributed by atoms with van der Waals surface area (Å²) in [7, 11) is -3.41. The van der Waals surface area contributed by atoms with Crippen LogP contribution in [0.3, 0.4) is 0 Å². The van der Waals surface area contributed by atoms with Crippen LogP contribution in [-0.4, -0.2) is 34.4 Å². The predicted molar refractivity (Wildman–Crippen MR) is 69.6 cm³/mol. The number of allylic oxidation sites excluding steroid dienone is 1. The molecule has 0 N–H and O–H groups in total. The lowest BCUT2D eigenvalue weighted by Crippen LogP contribution is -2.07. The molecule has 1 aliphatic carbocycles. The fourth-order valence-corrected chi connectivity index (χ4v) is 2.45. The molecule has 2 aromatic rings. The van der Waals surface area contributed by atoms with Crippen LogP contribution in [-0.2, 0) is 16.3 Å². The van der Waals surface area contributed by atoms with Gasteiger partial charge in [0.05, 0.1) is 5.69 Å². The van der Waals surface area contributed by atoms with Crippen molar-refractivity contribution >= 4 is 15.9 Å². The van der Waals surface area contributed by atoms with Gasteiger partial charge in [-0.1, -0.05) is 12.2 Å². The topological polar surface area (TPSA) is 77.7 Å². The van der Waals surface area contributed by atoms with Crippen molar-refractivity contribution in [2.45, 2.75) is 18.0 Å². The van der Waals surface area contributed by atoms with Crippen molar-refractivity contribution < 1.29 is 8.42 Å². The molecule has 0 unspecified atom stereocenters. The molecule has 0 bridgehead atoms. The third kappa shape index (κ3) is 2.28. The molecule has 0 saturated carbocycles. The fourth-order valence-electron chi connectivity index (χ4n) is 1.94. The summed E-state index contributed by atoms with van der Waals surface area (Å²) in [5, 5.41) is 4.24. The molecule has 6 nitrogen and oxygen atoms in total. The van der Waals surface area contributed by atoms with Gasteiger partial charge in [-0.05, 0) is 12.8 Å². The maximum Gasteiger partial charge on any atom is 0.248 e. The summed E-state index contributed by atoms with van der Waals surface area (Å²) < 4.78 is 24.5.